The SMILES string of the molecule is CCCNC(=O)CCC(=O)N[C@H]1CCCNC1. The van der Waals surface area contributed by atoms with Crippen LogP contribution in [0.2, 0.25) is 0 Å². The lowest BCUT2D eigenvalue weighted by molar-refractivity contribution is -0.126. The summed E-state index contributed by atoms with van der Waals surface area (Å²) in [6.07, 6.45) is 3.62. The van der Waals surface area contributed by atoms with E-state index in [4.69, 9.17) is 0 Å². The molecular weight excluding hydrogens is 218 g/mol. The van der Waals surface area contributed by atoms with Gasteiger partial charge in [0.25, 0.3) is 0 Å². The first-order valence-electron chi connectivity index (χ1n) is 6.49. The number of nitrogens with one attached hydrogen (secondary N) is 3. The number of rotatable bonds is 6. The molecule has 1 fully saturated rings. The van der Waals surface area contributed by atoms with Gasteiger partial charge in [0.2, 0.25) is 11.8 Å². The molecule has 2 amide bonds. The van der Waals surface area contributed by atoms with Crippen molar-refractivity contribution >= 4 is 11.8 Å². The average molecular weight is 241 g/mol. The molecule has 0 aromatic rings. The van der Waals surface area contributed by atoms with Crippen LogP contribution in [0.4, 0.5) is 0 Å². The van der Waals surface area contributed by atoms with Gasteiger partial charge >= 0.3 is 0 Å². The van der Waals surface area contributed by atoms with Crippen molar-refractivity contribution < 1.29 is 9.59 Å². The Morgan fingerprint density at radius 3 is 2.71 bits per heavy atom. The van der Waals surface area contributed by atoms with E-state index in [1.165, 1.54) is 0 Å². The third-order valence-corrected chi connectivity index (χ3v) is 2.81. The van der Waals surface area contributed by atoms with Gasteiger partial charge in [0.1, 0.15) is 0 Å². The zero-order valence-corrected chi connectivity index (χ0v) is 10.6. The standard InChI is InChI=1S/C12H23N3O2/c1-2-7-14-11(16)5-6-12(17)15-10-4-3-8-13-9-10/h10,13H,2-9H2,1H3,(H,14,16)(H,15,17)/t10-/m0/s1. The summed E-state index contributed by atoms with van der Waals surface area (Å²) in [6, 6.07) is 0.231. The summed E-state index contributed by atoms with van der Waals surface area (Å²) in [7, 11) is 0. The van der Waals surface area contributed by atoms with Crippen molar-refractivity contribution in [3.63, 3.8) is 0 Å². The van der Waals surface area contributed by atoms with Crippen LogP contribution in [0.25, 0.3) is 0 Å². The molecular formula is C12H23N3O2. The molecule has 0 spiro atoms. The Morgan fingerprint density at radius 2 is 2.06 bits per heavy atom. The molecule has 0 radical (unpaired) electrons. The molecule has 1 aliphatic heterocycles. The highest BCUT2D eigenvalue weighted by Gasteiger charge is 2.15. The molecule has 98 valence electrons. The summed E-state index contributed by atoms with van der Waals surface area (Å²) in [5, 5.41) is 8.95. The Balaban J connectivity index is 2.09. The summed E-state index contributed by atoms with van der Waals surface area (Å²) in [5.74, 6) is -0.0610. The fourth-order valence-corrected chi connectivity index (χ4v) is 1.85. The number of carbonyl (C=O) groups is 2. The van der Waals surface area contributed by atoms with E-state index in [0.29, 0.717) is 6.54 Å². The fourth-order valence-electron chi connectivity index (χ4n) is 1.85. The Hall–Kier alpha value is -1.10. The third-order valence-electron chi connectivity index (χ3n) is 2.81. The van der Waals surface area contributed by atoms with Crippen LogP contribution in [0.1, 0.15) is 39.0 Å². The van der Waals surface area contributed by atoms with Gasteiger partial charge in [-0.05, 0) is 25.8 Å². The molecule has 0 aromatic heterocycles. The fraction of sp³-hybridized carbons (Fsp3) is 0.833. The second kappa shape index (κ2) is 8.06. The molecule has 1 saturated heterocycles. The van der Waals surface area contributed by atoms with Crippen molar-refractivity contribution in [3.8, 4) is 0 Å². The van der Waals surface area contributed by atoms with E-state index in [1.54, 1.807) is 0 Å². The predicted octanol–water partition coefficient (Wildman–Crippen LogP) is 0.161. The Labute approximate surface area is 103 Å². The lowest BCUT2D eigenvalue weighted by atomic mass is 10.1. The van der Waals surface area contributed by atoms with Gasteiger partial charge in [0, 0.05) is 32.0 Å². The highest BCUT2D eigenvalue weighted by Crippen LogP contribution is 2.02. The normalized spacial score (nSPS) is 19.7. The maximum Gasteiger partial charge on any atom is 0.220 e. The summed E-state index contributed by atoms with van der Waals surface area (Å²) in [4.78, 5) is 22.9. The molecule has 1 aliphatic rings. The minimum absolute atomic E-state index is 0.0228. The van der Waals surface area contributed by atoms with E-state index < -0.39 is 0 Å². The van der Waals surface area contributed by atoms with Crippen LogP contribution in [0.15, 0.2) is 0 Å². The van der Waals surface area contributed by atoms with Crippen LogP contribution in [0.5, 0.6) is 0 Å². The van der Waals surface area contributed by atoms with E-state index in [1.807, 2.05) is 6.92 Å². The first kappa shape index (κ1) is 14.0. The molecule has 0 aromatic carbocycles. The van der Waals surface area contributed by atoms with Gasteiger partial charge in [-0.2, -0.15) is 0 Å². The van der Waals surface area contributed by atoms with Gasteiger partial charge in [-0.15, -0.1) is 0 Å². The van der Waals surface area contributed by atoms with Gasteiger partial charge in [-0.3, -0.25) is 9.59 Å². The molecule has 0 bridgehead atoms. The smallest absolute Gasteiger partial charge is 0.220 e. The molecule has 1 atom stereocenters. The Bertz CT molecular complexity index is 250. The summed E-state index contributed by atoms with van der Waals surface area (Å²) >= 11 is 0. The van der Waals surface area contributed by atoms with Crippen LogP contribution in [-0.4, -0.2) is 37.5 Å². The lowest BCUT2D eigenvalue weighted by Crippen LogP contribution is -2.45. The van der Waals surface area contributed by atoms with Gasteiger partial charge in [0.05, 0.1) is 0 Å². The maximum atomic E-state index is 11.6. The molecule has 1 rings (SSSR count). The number of amides is 2. The van der Waals surface area contributed by atoms with Crippen molar-refractivity contribution in [2.75, 3.05) is 19.6 Å². The topological polar surface area (TPSA) is 70.2 Å². The Morgan fingerprint density at radius 1 is 1.29 bits per heavy atom. The van der Waals surface area contributed by atoms with Crippen molar-refractivity contribution in [2.45, 2.75) is 45.1 Å². The van der Waals surface area contributed by atoms with Crippen LogP contribution < -0.4 is 16.0 Å². The molecule has 1 heterocycles. The Kier molecular flexibility index (Phi) is 6.62. The molecule has 0 aliphatic carbocycles. The van der Waals surface area contributed by atoms with Crippen molar-refractivity contribution in [3.05, 3.63) is 0 Å². The van der Waals surface area contributed by atoms with E-state index >= 15 is 0 Å². The first-order valence-corrected chi connectivity index (χ1v) is 6.49. The third kappa shape index (κ3) is 6.26. The van der Waals surface area contributed by atoms with Crippen LogP contribution in [-0.2, 0) is 9.59 Å². The number of carbonyl (C=O) groups excluding carboxylic acids is 2. The van der Waals surface area contributed by atoms with E-state index in [0.717, 1.165) is 32.4 Å². The lowest BCUT2D eigenvalue weighted by Gasteiger charge is -2.23. The second-order valence-corrected chi connectivity index (χ2v) is 4.46. The van der Waals surface area contributed by atoms with Gasteiger partial charge in [-0.1, -0.05) is 6.92 Å². The molecule has 17 heavy (non-hydrogen) atoms. The molecule has 5 nitrogen and oxygen atoms in total. The quantitative estimate of drug-likeness (QED) is 0.620. The van der Waals surface area contributed by atoms with Crippen LogP contribution in [0, 0.1) is 0 Å². The van der Waals surface area contributed by atoms with E-state index in [2.05, 4.69) is 16.0 Å². The summed E-state index contributed by atoms with van der Waals surface area (Å²) < 4.78 is 0. The largest absolute Gasteiger partial charge is 0.356 e. The van der Waals surface area contributed by atoms with E-state index in [9.17, 15) is 9.59 Å². The number of hydrogen-bond acceptors (Lipinski definition) is 3. The van der Waals surface area contributed by atoms with Crippen molar-refractivity contribution in [1.82, 2.24) is 16.0 Å². The molecule has 0 unspecified atom stereocenters. The van der Waals surface area contributed by atoms with Gasteiger partial charge in [0.15, 0.2) is 0 Å². The van der Waals surface area contributed by atoms with Crippen LogP contribution in [0.3, 0.4) is 0 Å². The van der Waals surface area contributed by atoms with Crippen molar-refractivity contribution in [2.24, 2.45) is 0 Å². The molecule has 3 N–H and O–H groups in total. The highest BCUT2D eigenvalue weighted by molar-refractivity contribution is 5.83. The van der Waals surface area contributed by atoms with Crippen LogP contribution >= 0.6 is 0 Å². The zero-order chi connectivity index (χ0) is 12.5. The second-order valence-electron chi connectivity index (χ2n) is 4.46. The highest BCUT2D eigenvalue weighted by atomic mass is 16.2. The number of piperidine rings is 1. The van der Waals surface area contributed by atoms with Crippen molar-refractivity contribution in [1.29, 1.82) is 0 Å². The van der Waals surface area contributed by atoms with E-state index in [-0.39, 0.29) is 30.7 Å². The van der Waals surface area contributed by atoms with Gasteiger partial charge < -0.3 is 16.0 Å². The minimum atomic E-state index is -0.0382. The minimum Gasteiger partial charge on any atom is -0.356 e. The maximum absolute atomic E-state index is 11.6. The monoisotopic (exact) mass is 241 g/mol. The molecule has 0 saturated carbocycles. The first-order chi connectivity index (χ1) is 8.22. The zero-order valence-electron chi connectivity index (χ0n) is 10.6. The number of hydrogen-bond donors (Lipinski definition) is 3. The molecule has 5 heteroatoms. The summed E-state index contributed by atoms with van der Waals surface area (Å²) in [5.41, 5.74) is 0. The average Bonchev–Trinajstić information content (AvgIpc) is 2.35. The predicted molar refractivity (Wildman–Crippen MR) is 66.6 cm³/mol. The summed E-state index contributed by atoms with van der Waals surface area (Å²) in [6.45, 7) is 4.57. The van der Waals surface area contributed by atoms with Gasteiger partial charge in [-0.25, -0.2) is 0 Å².